The average molecular weight is 266 g/mol. The van der Waals surface area contributed by atoms with Crippen molar-refractivity contribution in [1.82, 2.24) is 0 Å². The second-order valence-corrected chi connectivity index (χ2v) is 5.24. The van der Waals surface area contributed by atoms with Crippen molar-refractivity contribution >= 4 is 5.78 Å². The highest BCUT2D eigenvalue weighted by atomic mass is 16.5. The minimum atomic E-state index is -0.0236. The summed E-state index contributed by atoms with van der Waals surface area (Å²) in [7, 11) is 1.65. The Morgan fingerprint density at radius 1 is 1.05 bits per heavy atom. The van der Waals surface area contributed by atoms with Crippen molar-refractivity contribution in [2.24, 2.45) is 0 Å². The summed E-state index contributed by atoms with van der Waals surface area (Å²) in [4.78, 5) is 12.8. The zero-order chi connectivity index (χ0) is 13.9. The van der Waals surface area contributed by atoms with E-state index < -0.39 is 0 Å². The Morgan fingerprint density at radius 2 is 1.80 bits per heavy atom. The van der Waals surface area contributed by atoms with Crippen LogP contribution in [0.2, 0.25) is 0 Å². The van der Waals surface area contributed by atoms with E-state index in [0.717, 1.165) is 36.1 Å². The monoisotopic (exact) mass is 266 g/mol. The highest BCUT2D eigenvalue weighted by Crippen LogP contribution is 2.32. The number of hydrogen-bond acceptors (Lipinski definition) is 2. The molecule has 1 unspecified atom stereocenters. The molecule has 0 aliphatic heterocycles. The van der Waals surface area contributed by atoms with Crippen molar-refractivity contribution in [2.75, 3.05) is 7.11 Å². The van der Waals surface area contributed by atoms with Gasteiger partial charge in [-0.2, -0.15) is 0 Å². The predicted molar refractivity (Wildman–Crippen MR) is 79.4 cm³/mol. The molecule has 2 aromatic carbocycles. The van der Waals surface area contributed by atoms with Crippen LogP contribution in [0.15, 0.2) is 48.5 Å². The summed E-state index contributed by atoms with van der Waals surface area (Å²) in [5.41, 5.74) is 3.17. The fraction of sp³-hybridized carbons (Fsp3) is 0.278. The van der Waals surface area contributed by atoms with Crippen molar-refractivity contribution in [3.63, 3.8) is 0 Å². The average Bonchev–Trinajstić information content (AvgIpc) is 2.67. The van der Waals surface area contributed by atoms with Crippen molar-refractivity contribution in [3.8, 4) is 5.75 Å². The number of Topliss-reactive ketones (excluding diaryl/α,β-unsaturated/α-hetero) is 1. The van der Waals surface area contributed by atoms with Crippen LogP contribution in [0.5, 0.6) is 5.75 Å². The summed E-state index contributed by atoms with van der Waals surface area (Å²) >= 11 is 0. The number of aryl methyl sites for hydroxylation is 1. The van der Waals surface area contributed by atoms with Crippen LogP contribution in [0.3, 0.4) is 0 Å². The molecule has 0 spiro atoms. The van der Waals surface area contributed by atoms with Crippen molar-refractivity contribution in [1.29, 1.82) is 0 Å². The minimum Gasteiger partial charge on any atom is -0.497 e. The van der Waals surface area contributed by atoms with Crippen molar-refractivity contribution in [3.05, 3.63) is 65.2 Å². The molecule has 1 aliphatic carbocycles. The predicted octanol–water partition coefficient (Wildman–Crippen LogP) is 4.00. The first-order valence-corrected chi connectivity index (χ1v) is 7.05. The molecule has 20 heavy (non-hydrogen) atoms. The molecule has 0 radical (unpaired) electrons. The van der Waals surface area contributed by atoms with Gasteiger partial charge in [-0.3, -0.25) is 4.79 Å². The number of benzene rings is 2. The Morgan fingerprint density at radius 3 is 2.55 bits per heavy atom. The van der Waals surface area contributed by atoms with E-state index in [1.165, 1.54) is 5.56 Å². The van der Waals surface area contributed by atoms with Gasteiger partial charge < -0.3 is 4.74 Å². The van der Waals surface area contributed by atoms with E-state index in [-0.39, 0.29) is 11.7 Å². The lowest BCUT2D eigenvalue weighted by Crippen LogP contribution is -2.12. The second kappa shape index (κ2) is 5.49. The summed E-state index contributed by atoms with van der Waals surface area (Å²) < 4.78 is 5.18. The molecule has 0 amide bonds. The van der Waals surface area contributed by atoms with Crippen molar-refractivity contribution < 1.29 is 9.53 Å². The SMILES string of the molecule is COc1ccc(C2CCCc3ccccc3C2=O)cc1. The third-order valence-electron chi connectivity index (χ3n) is 4.06. The van der Waals surface area contributed by atoms with Gasteiger partial charge in [-0.25, -0.2) is 0 Å². The fourth-order valence-corrected chi connectivity index (χ4v) is 2.95. The Hall–Kier alpha value is -2.09. The first-order chi connectivity index (χ1) is 9.79. The number of carbonyl (C=O) groups excluding carboxylic acids is 1. The molecule has 1 atom stereocenters. The maximum absolute atomic E-state index is 12.8. The molecule has 3 rings (SSSR count). The van der Waals surface area contributed by atoms with Gasteiger partial charge in [-0.05, 0) is 42.5 Å². The lowest BCUT2D eigenvalue weighted by Gasteiger charge is -2.14. The van der Waals surface area contributed by atoms with Gasteiger partial charge in [-0.1, -0.05) is 36.4 Å². The van der Waals surface area contributed by atoms with Crippen LogP contribution in [0, 0.1) is 0 Å². The molecule has 0 fully saturated rings. The maximum atomic E-state index is 12.8. The summed E-state index contributed by atoms with van der Waals surface area (Å²) in [6.45, 7) is 0. The largest absolute Gasteiger partial charge is 0.497 e. The van der Waals surface area contributed by atoms with Crippen LogP contribution in [-0.4, -0.2) is 12.9 Å². The van der Waals surface area contributed by atoms with Crippen LogP contribution in [0.1, 0.15) is 40.2 Å². The number of rotatable bonds is 2. The summed E-state index contributed by atoms with van der Waals surface area (Å²) in [6.07, 6.45) is 2.97. The number of methoxy groups -OCH3 is 1. The van der Waals surface area contributed by atoms with Crippen molar-refractivity contribution in [2.45, 2.75) is 25.2 Å². The Balaban J connectivity index is 1.95. The smallest absolute Gasteiger partial charge is 0.170 e. The molecule has 0 bridgehead atoms. The lowest BCUT2D eigenvalue weighted by molar-refractivity contribution is 0.0957. The van der Waals surface area contributed by atoms with Gasteiger partial charge in [0.05, 0.1) is 7.11 Å². The maximum Gasteiger partial charge on any atom is 0.170 e. The van der Waals surface area contributed by atoms with Crippen LogP contribution in [0.4, 0.5) is 0 Å². The molecular formula is C18H18O2. The highest BCUT2D eigenvalue weighted by molar-refractivity contribution is 6.02. The molecule has 0 saturated heterocycles. The number of ketones is 1. The summed E-state index contributed by atoms with van der Waals surface area (Å²) in [5, 5.41) is 0. The molecule has 2 nitrogen and oxygen atoms in total. The first kappa shape index (κ1) is 12.9. The van der Waals surface area contributed by atoms with Gasteiger partial charge >= 0.3 is 0 Å². The van der Waals surface area contributed by atoms with Gasteiger partial charge in [0.15, 0.2) is 5.78 Å². The molecule has 2 heteroatoms. The van der Waals surface area contributed by atoms with E-state index in [0.29, 0.717) is 0 Å². The minimum absolute atomic E-state index is 0.0236. The molecule has 1 aliphatic rings. The van der Waals surface area contributed by atoms with E-state index in [4.69, 9.17) is 4.74 Å². The van der Waals surface area contributed by atoms with Crippen LogP contribution >= 0.6 is 0 Å². The number of fused-ring (bicyclic) bond motifs is 1. The third-order valence-corrected chi connectivity index (χ3v) is 4.06. The van der Waals surface area contributed by atoms with Crippen LogP contribution < -0.4 is 4.74 Å². The van der Waals surface area contributed by atoms with E-state index in [1.54, 1.807) is 7.11 Å². The number of ether oxygens (including phenoxy) is 1. The fourth-order valence-electron chi connectivity index (χ4n) is 2.95. The Labute approximate surface area is 119 Å². The molecule has 102 valence electrons. The van der Waals surface area contributed by atoms with E-state index >= 15 is 0 Å². The van der Waals surface area contributed by atoms with Gasteiger partial charge in [-0.15, -0.1) is 0 Å². The highest BCUT2D eigenvalue weighted by Gasteiger charge is 2.26. The first-order valence-electron chi connectivity index (χ1n) is 7.05. The topological polar surface area (TPSA) is 26.3 Å². The zero-order valence-corrected chi connectivity index (χ0v) is 11.6. The van der Waals surface area contributed by atoms with Crippen LogP contribution in [0.25, 0.3) is 0 Å². The van der Waals surface area contributed by atoms with E-state index in [1.807, 2.05) is 42.5 Å². The molecule has 0 aromatic heterocycles. The van der Waals surface area contributed by atoms with Gasteiger partial charge in [0.2, 0.25) is 0 Å². The molecule has 0 saturated carbocycles. The molecule has 0 N–H and O–H groups in total. The number of hydrogen-bond donors (Lipinski definition) is 0. The zero-order valence-electron chi connectivity index (χ0n) is 11.6. The Kier molecular flexibility index (Phi) is 3.55. The van der Waals surface area contributed by atoms with Gasteiger partial charge in [0, 0.05) is 11.5 Å². The Bertz CT molecular complexity index is 614. The quantitative estimate of drug-likeness (QED) is 0.768. The number of carbonyl (C=O) groups is 1. The second-order valence-electron chi connectivity index (χ2n) is 5.24. The molecule has 2 aromatic rings. The molecule has 0 heterocycles. The normalized spacial score (nSPS) is 18.2. The van der Waals surface area contributed by atoms with Gasteiger partial charge in [0.25, 0.3) is 0 Å². The lowest BCUT2D eigenvalue weighted by atomic mass is 9.88. The molecular weight excluding hydrogens is 248 g/mol. The summed E-state index contributed by atoms with van der Waals surface area (Å²) in [6, 6.07) is 15.9. The van der Waals surface area contributed by atoms with E-state index in [2.05, 4.69) is 6.07 Å². The standard InChI is InChI=1S/C18H18O2/c1-20-15-11-9-14(10-12-15)17-8-4-6-13-5-2-3-7-16(13)18(17)19/h2-3,5,7,9-12,17H,4,6,8H2,1H3. The van der Waals surface area contributed by atoms with E-state index in [9.17, 15) is 4.79 Å². The van der Waals surface area contributed by atoms with Gasteiger partial charge in [0.1, 0.15) is 5.75 Å². The van der Waals surface area contributed by atoms with Crippen LogP contribution in [-0.2, 0) is 6.42 Å². The summed E-state index contributed by atoms with van der Waals surface area (Å²) in [5.74, 6) is 1.06. The third kappa shape index (κ3) is 2.34.